The van der Waals surface area contributed by atoms with E-state index < -0.39 is 10.0 Å². The molecular formula is C23H24N2O3S. The van der Waals surface area contributed by atoms with Crippen LogP contribution in [0, 0.1) is 13.8 Å². The molecule has 0 saturated heterocycles. The zero-order valence-corrected chi connectivity index (χ0v) is 17.5. The minimum Gasteiger partial charge on any atom is -0.322 e. The highest BCUT2D eigenvalue weighted by Gasteiger charge is 2.23. The van der Waals surface area contributed by atoms with Gasteiger partial charge < -0.3 is 5.32 Å². The summed E-state index contributed by atoms with van der Waals surface area (Å²) in [5, 5.41) is 2.91. The van der Waals surface area contributed by atoms with Crippen LogP contribution in [0.2, 0.25) is 0 Å². The monoisotopic (exact) mass is 408 g/mol. The Morgan fingerprint density at radius 2 is 1.45 bits per heavy atom. The Balaban J connectivity index is 1.85. The highest BCUT2D eigenvalue weighted by Crippen LogP contribution is 2.24. The van der Waals surface area contributed by atoms with Crippen molar-refractivity contribution in [2.75, 3.05) is 16.2 Å². The zero-order chi connectivity index (χ0) is 21.0. The summed E-state index contributed by atoms with van der Waals surface area (Å²) in [5.74, 6) is -0.276. The van der Waals surface area contributed by atoms with Crippen LogP contribution in [0.5, 0.6) is 0 Å². The number of anilines is 2. The van der Waals surface area contributed by atoms with E-state index in [4.69, 9.17) is 0 Å². The fourth-order valence-corrected chi connectivity index (χ4v) is 4.66. The highest BCUT2D eigenvalue weighted by molar-refractivity contribution is 7.92. The number of aryl methyl sites for hydroxylation is 2. The summed E-state index contributed by atoms with van der Waals surface area (Å²) in [7, 11) is -3.72. The molecule has 0 aliphatic rings. The molecule has 0 spiro atoms. The second-order valence-corrected chi connectivity index (χ2v) is 8.61. The number of sulfonamides is 1. The van der Waals surface area contributed by atoms with Crippen molar-refractivity contribution in [3.63, 3.8) is 0 Å². The van der Waals surface area contributed by atoms with Gasteiger partial charge in [-0.05, 0) is 68.3 Å². The van der Waals surface area contributed by atoms with Gasteiger partial charge in [0.2, 0.25) is 0 Å². The molecule has 0 fully saturated rings. The summed E-state index contributed by atoms with van der Waals surface area (Å²) in [4.78, 5) is 12.8. The number of hydrogen-bond donors (Lipinski definition) is 1. The van der Waals surface area contributed by atoms with E-state index >= 15 is 0 Å². The Kier molecular flexibility index (Phi) is 6.03. The van der Waals surface area contributed by atoms with Crippen LogP contribution in [-0.4, -0.2) is 20.9 Å². The molecule has 6 heteroatoms. The van der Waals surface area contributed by atoms with Gasteiger partial charge in [-0.2, -0.15) is 0 Å². The third-order valence-corrected chi connectivity index (χ3v) is 6.67. The standard InChI is InChI=1S/C23H24N2O3S/c1-4-25(20-11-6-5-7-12-20)29(27,28)21-15-13-19(14-16-21)23(26)24-22-17(2)9-8-10-18(22)3/h5-16H,4H2,1-3H3,(H,24,26). The number of hydrogen-bond acceptors (Lipinski definition) is 3. The average molecular weight is 409 g/mol. The third-order valence-electron chi connectivity index (χ3n) is 4.76. The van der Waals surface area contributed by atoms with Crippen LogP contribution in [0.3, 0.4) is 0 Å². The van der Waals surface area contributed by atoms with Crippen molar-refractivity contribution in [2.24, 2.45) is 0 Å². The van der Waals surface area contributed by atoms with E-state index in [-0.39, 0.29) is 10.8 Å². The molecule has 3 aromatic rings. The molecule has 3 rings (SSSR count). The number of carbonyl (C=O) groups is 1. The summed E-state index contributed by atoms with van der Waals surface area (Å²) in [5.41, 5.74) is 3.72. The number of benzene rings is 3. The fraction of sp³-hybridized carbons (Fsp3) is 0.174. The van der Waals surface area contributed by atoms with Gasteiger partial charge in [0.1, 0.15) is 0 Å². The van der Waals surface area contributed by atoms with Gasteiger partial charge in [-0.15, -0.1) is 0 Å². The first-order chi connectivity index (χ1) is 13.8. The summed E-state index contributed by atoms with van der Waals surface area (Å²) in [6.07, 6.45) is 0. The van der Waals surface area contributed by atoms with Crippen molar-refractivity contribution >= 4 is 27.3 Å². The molecule has 0 bridgehead atoms. The van der Waals surface area contributed by atoms with Gasteiger partial charge in [-0.1, -0.05) is 36.4 Å². The maximum absolute atomic E-state index is 13.1. The average Bonchev–Trinajstić information content (AvgIpc) is 2.72. The van der Waals surface area contributed by atoms with E-state index in [9.17, 15) is 13.2 Å². The fourth-order valence-electron chi connectivity index (χ4n) is 3.19. The predicted octanol–water partition coefficient (Wildman–Crippen LogP) is 4.77. The summed E-state index contributed by atoms with van der Waals surface area (Å²) in [6.45, 7) is 5.96. The van der Waals surface area contributed by atoms with E-state index in [1.165, 1.54) is 28.6 Å². The molecule has 0 radical (unpaired) electrons. The molecule has 0 aliphatic carbocycles. The van der Waals surface area contributed by atoms with Crippen molar-refractivity contribution in [1.29, 1.82) is 0 Å². The van der Waals surface area contributed by atoms with Gasteiger partial charge in [0.15, 0.2) is 0 Å². The molecule has 1 amide bonds. The number of amides is 1. The number of para-hydroxylation sites is 2. The summed E-state index contributed by atoms with van der Waals surface area (Å²) < 4.78 is 27.4. The lowest BCUT2D eigenvalue weighted by Gasteiger charge is -2.23. The van der Waals surface area contributed by atoms with Crippen molar-refractivity contribution in [3.05, 3.63) is 89.5 Å². The first-order valence-electron chi connectivity index (χ1n) is 9.40. The van der Waals surface area contributed by atoms with Crippen LogP contribution in [0.25, 0.3) is 0 Å². The molecular weight excluding hydrogens is 384 g/mol. The molecule has 0 saturated carbocycles. The molecule has 0 heterocycles. The summed E-state index contributed by atoms with van der Waals surface area (Å²) >= 11 is 0. The Morgan fingerprint density at radius 3 is 2.00 bits per heavy atom. The minimum atomic E-state index is -3.72. The van der Waals surface area contributed by atoms with Crippen molar-refractivity contribution in [1.82, 2.24) is 0 Å². The van der Waals surface area contributed by atoms with E-state index in [1.54, 1.807) is 31.2 Å². The number of nitrogens with one attached hydrogen (secondary N) is 1. The lowest BCUT2D eigenvalue weighted by Crippen LogP contribution is -2.30. The van der Waals surface area contributed by atoms with Crippen LogP contribution in [-0.2, 0) is 10.0 Å². The van der Waals surface area contributed by atoms with Crippen LogP contribution in [0.1, 0.15) is 28.4 Å². The molecule has 0 unspecified atom stereocenters. The van der Waals surface area contributed by atoms with E-state index in [0.717, 1.165) is 16.8 Å². The molecule has 3 aromatic carbocycles. The minimum absolute atomic E-state index is 0.145. The quantitative estimate of drug-likeness (QED) is 0.639. The van der Waals surface area contributed by atoms with E-state index in [2.05, 4.69) is 5.32 Å². The van der Waals surface area contributed by atoms with Crippen LogP contribution in [0.4, 0.5) is 11.4 Å². The lowest BCUT2D eigenvalue weighted by atomic mass is 10.1. The Bertz CT molecular complexity index is 1090. The van der Waals surface area contributed by atoms with Gasteiger partial charge in [0.25, 0.3) is 15.9 Å². The molecule has 0 aromatic heterocycles. The molecule has 0 atom stereocenters. The van der Waals surface area contributed by atoms with E-state index in [0.29, 0.717) is 17.8 Å². The maximum Gasteiger partial charge on any atom is 0.264 e. The second kappa shape index (κ2) is 8.49. The Morgan fingerprint density at radius 1 is 0.862 bits per heavy atom. The molecule has 5 nitrogen and oxygen atoms in total. The number of carbonyl (C=O) groups excluding carboxylic acids is 1. The topological polar surface area (TPSA) is 66.5 Å². The normalized spacial score (nSPS) is 11.1. The van der Waals surface area contributed by atoms with Crippen LogP contribution >= 0.6 is 0 Å². The van der Waals surface area contributed by atoms with Crippen molar-refractivity contribution in [2.45, 2.75) is 25.7 Å². The number of rotatable bonds is 6. The van der Waals surface area contributed by atoms with Gasteiger partial charge in [0, 0.05) is 17.8 Å². The van der Waals surface area contributed by atoms with Crippen molar-refractivity contribution in [3.8, 4) is 0 Å². The Hall–Kier alpha value is -3.12. The smallest absolute Gasteiger partial charge is 0.264 e. The Labute approximate surface area is 172 Å². The summed E-state index contributed by atoms with van der Waals surface area (Å²) in [6, 6.07) is 20.8. The van der Waals surface area contributed by atoms with Crippen LogP contribution < -0.4 is 9.62 Å². The largest absolute Gasteiger partial charge is 0.322 e. The first-order valence-corrected chi connectivity index (χ1v) is 10.8. The number of nitrogens with zero attached hydrogens (tertiary/aromatic N) is 1. The van der Waals surface area contributed by atoms with Gasteiger partial charge in [-0.25, -0.2) is 8.42 Å². The van der Waals surface area contributed by atoms with Gasteiger partial charge in [0.05, 0.1) is 10.6 Å². The van der Waals surface area contributed by atoms with Crippen molar-refractivity contribution < 1.29 is 13.2 Å². The first kappa shape index (κ1) is 20.6. The van der Waals surface area contributed by atoms with Crippen LogP contribution in [0.15, 0.2) is 77.7 Å². The molecule has 1 N–H and O–H groups in total. The predicted molar refractivity (Wildman–Crippen MR) is 117 cm³/mol. The SMILES string of the molecule is CCN(c1ccccc1)S(=O)(=O)c1ccc(C(=O)Nc2c(C)cccc2C)cc1. The lowest BCUT2D eigenvalue weighted by molar-refractivity contribution is 0.102. The molecule has 0 aliphatic heterocycles. The third kappa shape index (κ3) is 4.32. The molecule has 150 valence electrons. The maximum atomic E-state index is 13.1. The second-order valence-electron chi connectivity index (χ2n) is 6.75. The molecule has 29 heavy (non-hydrogen) atoms. The van der Waals surface area contributed by atoms with Gasteiger partial charge >= 0.3 is 0 Å². The highest BCUT2D eigenvalue weighted by atomic mass is 32.2. The van der Waals surface area contributed by atoms with E-state index in [1.807, 2.05) is 38.1 Å². The zero-order valence-electron chi connectivity index (χ0n) is 16.7. The van der Waals surface area contributed by atoms with Gasteiger partial charge in [-0.3, -0.25) is 9.10 Å².